The van der Waals surface area contributed by atoms with E-state index in [2.05, 4.69) is 4.98 Å². The fourth-order valence-electron chi connectivity index (χ4n) is 1.53. The van der Waals surface area contributed by atoms with Gasteiger partial charge in [0.1, 0.15) is 11.5 Å². The summed E-state index contributed by atoms with van der Waals surface area (Å²) < 4.78 is 1.62. The molecule has 6 nitrogen and oxygen atoms in total. The Bertz CT molecular complexity index is 424. The highest BCUT2D eigenvalue weighted by Gasteiger charge is 2.13. The molecule has 0 bridgehead atoms. The Balaban J connectivity index is 2.60. The molecule has 1 heterocycles. The lowest BCUT2D eigenvalue weighted by Crippen LogP contribution is -2.22. The van der Waals surface area contributed by atoms with Crippen molar-refractivity contribution in [3.05, 3.63) is 17.7 Å². The number of nitrogens with zero attached hydrogens (tertiary/aromatic N) is 3. The van der Waals surface area contributed by atoms with Gasteiger partial charge < -0.3 is 14.6 Å². The highest BCUT2D eigenvalue weighted by Crippen LogP contribution is 2.07. The van der Waals surface area contributed by atoms with E-state index in [4.69, 9.17) is 5.11 Å². The summed E-state index contributed by atoms with van der Waals surface area (Å²) in [6.45, 7) is 2.24. The lowest BCUT2D eigenvalue weighted by atomic mass is 10.2. The van der Waals surface area contributed by atoms with Crippen LogP contribution in [0.5, 0.6) is 0 Å². The van der Waals surface area contributed by atoms with E-state index in [1.807, 2.05) is 0 Å². The zero-order valence-corrected chi connectivity index (χ0v) is 10.3. The third-order valence-corrected chi connectivity index (χ3v) is 2.55. The Morgan fingerprint density at radius 1 is 1.47 bits per heavy atom. The first-order chi connectivity index (χ1) is 7.93. The number of hydrogen-bond donors (Lipinski definition) is 1. The predicted octanol–water partition coefficient (Wildman–Crippen LogP) is 0.758. The van der Waals surface area contributed by atoms with Crippen LogP contribution in [0.4, 0.5) is 0 Å². The summed E-state index contributed by atoms with van der Waals surface area (Å²) in [4.78, 5) is 27.7. The first kappa shape index (κ1) is 13.2. The molecule has 0 radical (unpaired) electrons. The molecule has 0 atom stereocenters. The minimum absolute atomic E-state index is 0.0413. The number of carboxylic acids is 1. The Morgan fingerprint density at radius 2 is 2.12 bits per heavy atom. The number of amides is 1. The van der Waals surface area contributed by atoms with Gasteiger partial charge in [0.15, 0.2) is 0 Å². The molecule has 0 aromatic carbocycles. The van der Waals surface area contributed by atoms with E-state index in [0.29, 0.717) is 25.2 Å². The van der Waals surface area contributed by atoms with E-state index in [9.17, 15) is 9.59 Å². The minimum Gasteiger partial charge on any atom is -0.477 e. The van der Waals surface area contributed by atoms with Crippen molar-refractivity contribution in [2.45, 2.75) is 26.3 Å². The number of aryl methyl sites for hydroxylation is 1. The number of imidazole rings is 1. The number of carboxylic acid groups (broad SMARTS) is 1. The molecule has 0 aliphatic carbocycles. The van der Waals surface area contributed by atoms with Crippen LogP contribution in [0.3, 0.4) is 0 Å². The molecule has 1 aromatic rings. The molecule has 1 aromatic heterocycles. The van der Waals surface area contributed by atoms with E-state index in [1.165, 1.54) is 11.1 Å². The van der Waals surface area contributed by atoms with Gasteiger partial charge in [-0.15, -0.1) is 0 Å². The van der Waals surface area contributed by atoms with Gasteiger partial charge in [0.25, 0.3) is 0 Å². The first-order valence-corrected chi connectivity index (χ1v) is 5.39. The van der Waals surface area contributed by atoms with Crippen molar-refractivity contribution in [1.82, 2.24) is 14.5 Å². The lowest BCUT2D eigenvalue weighted by molar-refractivity contribution is -0.128. The van der Waals surface area contributed by atoms with Gasteiger partial charge in [-0.1, -0.05) is 0 Å². The second kappa shape index (κ2) is 5.47. The summed E-state index contributed by atoms with van der Waals surface area (Å²) in [6.07, 6.45) is 2.35. The van der Waals surface area contributed by atoms with Crippen molar-refractivity contribution in [3.8, 4) is 0 Å². The second-order valence-electron chi connectivity index (χ2n) is 4.04. The summed E-state index contributed by atoms with van der Waals surface area (Å²) >= 11 is 0. The number of rotatable bonds is 5. The van der Waals surface area contributed by atoms with Gasteiger partial charge in [-0.25, -0.2) is 9.78 Å². The highest BCUT2D eigenvalue weighted by molar-refractivity contribution is 5.85. The summed E-state index contributed by atoms with van der Waals surface area (Å²) in [5.41, 5.74) is 0.166. The van der Waals surface area contributed by atoms with Crippen LogP contribution < -0.4 is 0 Å². The Morgan fingerprint density at radius 3 is 2.65 bits per heavy atom. The molecule has 0 unspecified atom stereocenters. The van der Waals surface area contributed by atoms with Crippen molar-refractivity contribution in [2.75, 3.05) is 14.1 Å². The summed E-state index contributed by atoms with van der Waals surface area (Å²) in [7, 11) is 3.40. The molecular formula is C11H17N3O3. The first-order valence-electron chi connectivity index (χ1n) is 5.39. The van der Waals surface area contributed by atoms with Crippen LogP contribution in [-0.4, -0.2) is 45.5 Å². The van der Waals surface area contributed by atoms with Gasteiger partial charge in [-0.2, -0.15) is 0 Å². The van der Waals surface area contributed by atoms with Crippen LogP contribution in [0.2, 0.25) is 0 Å². The predicted molar refractivity (Wildman–Crippen MR) is 61.9 cm³/mol. The van der Waals surface area contributed by atoms with Crippen molar-refractivity contribution in [1.29, 1.82) is 0 Å². The quantitative estimate of drug-likeness (QED) is 0.823. The third kappa shape index (κ3) is 3.30. The largest absolute Gasteiger partial charge is 0.477 e. The van der Waals surface area contributed by atoms with Crippen LogP contribution in [-0.2, 0) is 11.3 Å². The van der Waals surface area contributed by atoms with Crippen molar-refractivity contribution < 1.29 is 14.7 Å². The topological polar surface area (TPSA) is 75.4 Å². The summed E-state index contributed by atoms with van der Waals surface area (Å²) in [6, 6.07) is 0. The molecule has 94 valence electrons. The second-order valence-corrected chi connectivity index (χ2v) is 4.04. The molecule has 0 saturated carbocycles. The van der Waals surface area contributed by atoms with E-state index in [1.54, 1.807) is 25.6 Å². The van der Waals surface area contributed by atoms with Crippen LogP contribution in [0.15, 0.2) is 6.20 Å². The normalized spacial score (nSPS) is 10.3. The number of hydrogen-bond acceptors (Lipinski definition) is 3. The molecule has 0 aliphatic heterocycles. The average molecular weight is 239 g/mol. The van der Waals surface area contributed by atoms with Crippen LogP contribution >= 0.6 is 0 Å². The van der Waals surface area contributed by atoms with Crippen molar-refractivity contribution >= 4 is 11.9 Å². The smallest absolute Gasteiger partial charge is 0.354 e. The number of carbonyl (C=O) groups excluding carboxylic acids is 1. The van der Waals surface area contributed by atoms with E-state index < -0.39 is 5.97 Å². The summed E-state index contributed by atoms with van der Waals surface area (Å²) in [5, 5.41) is 8.94. The monoisotopic (exact) mass is 239 g/mol. The van der Waals surface area contributed by atoms with Gasteiger partial charge in [-0.3, -0.25) is 4.79 Å². The molecule has 6 heteroatoms. The molecule has 0 spiro atoms. The van der Waals surface area contributed by atoms with Crippen LogP contribution in [0.1, 0.15) is 29.2 Å². The maximum Gasteiger partial charge on any atom is 0.354 e. The SMILES string of the molecule is Cc1ncc(C(=O)O)n1CCCC(=O)N(C)C. The number of aromatic carboxylic acids is 1. The molecule has 17 heavy (non-hydrogen) atoms. The van der Waals surface area contributed by atoms with Crippen LogP contribution in [0, 0.1) is 6.92 Å². The number of carbonyl (C=O) groups is 2. The van der Waals surface area contributed by atoms with Gasteiger partial charge in [0.2, 0.25) is 5.91 Å². The standard InChI is InChI=1S/C11H17N3O3/c1-8-12-7-9(11(16)17)14(8)6-4-5-10(15)13(2)3/h7H,4-6H2,1-3H3,(H,16,17). The molecule has 1 amide bonds. The Kier molecular flexibility index (Phi) is 4.25. The highest BCUT2D eigenvalue weighted by atomic mass is 16.4. The van der Waals surface area contributed by atoms with E-state index >= 15 is 0 Å². The van der Waals surface area contributed by atoms with E-state index in [0.717, 1.165) is 0 Å². The zero-order chi connectivity index (χ0) is 13.0. The van der Waals surface area contributed by atoms with Gasteiger partial charge in [-0.05, 0) is 13.3 Å². The van der Waals surface area contributed by atoms with Crippen LogP contribution in [0.25, 0.3) is 0 Å². The van der Waals surface area contributed by atoms with Gasteiger partial charge in [0.05, 0.1) is 6.20 Å². The zero-order valence-electron chi connectivity index (χ0n) is 10.3. The molecule has 0 saturated heterocycles. The molecule has 1 N–H and O–H groups in total. The molecule has 1 rings (SSSR count). The minimum atomic E-state index is -0.996. The van der Waals surface area contributed by atoms with E-state index in [-0.39, 0.29) is 11.6 Å². The van der Waals surface area contributed by atoms with Gasteiger partial charge >= 0.3 is 5.97 Å². The van der Waals surface area contributed by atoms with Crippen molar-refractivity contribution in [3.63, 3.8) is 0 Å². The molecule has 0 aliphatic rings. The van der Waals surface area contributed by atoms with Crippen molar-refractivity contribution in [2.24, 2.45) is 0 Å². The Labute approximate surface area is 99.9 Å². The molecular weight excluding hydrogens is 222 g/mol. The summed E-state index contributed by atoms with van der Waals surface area (Å²) in [5.74, 6) is -0.302. The third-order valence-electron chi connectivity index (χ3n) is 2.55. The van der Waals surface area contributed by atoms with Gasteiger partial charge in [0, 0.05) is 27.1 Å². The fraction of sp³-hybridized carbons (Fsp3) is 0.545. The average Bonchev–Trinajstić information content (AvgIpc) is 2.60. The molecule has 0 fully saturated rings. The maximum atomic E-state index is 11.4. The fourth-order valence-corrected chi connectivity index (χ4v) is 1.53. The maximum absolute atomic E-state index is 11.4. The Hall–Kier alpha value is -1.85. The number of aromatic nitrogens is 2. The lowest BCUT2D eigenvalue weighted by Gasteiger charge is -2.11.